The number of amides is 1. The van der Waals surface area contributed by atoms with E-state index in [9.17, 15) is 22.4 Å². The Bertz CT molecular complexity index is 319. The lowest BCUT2D eigenvalue weighted by Crippen LogP contribution is -2.48. The zero-order valence-electron chi connectivity index (χ0n) is 9.45. The van der Waals surface area contributed by atoms with Crippen LogP contribution in [0.15, 0.2) is 0 Å². The van der Waals surface area contributed by atoms with Crippen LogP contribution in [0.5, 0.6) is 0 Å². The van der Waals surface area contributed by atoms with Crippen molar-refractivity contribution in [2.75, 3.05) is 23.8 Å². The number of thioether (sulfide) groups is 2. The quantitative estimate of drug-likeness (QED) is 0.694. The summed E-state index contributed by atoms with van der Waals surface area (Å²) in [5, 5.41) is -0.459. The second-order valence-corrected chi connectivity index (χ2v) is 6.78. The van der Waals surface area contributed by atoms with E-state index in [-0.39, 0.29) is 0 Å². The van der Waals surface area contributed by atoms with Gasteiger partial charge in [-0.15, -0.1) is 11.8 Å². The molecule has 0 spiro atoms. The average Bonchev–Trinajstić information content (AvgIpc) is 2.71. The fourth-order valence-electron chi connectivity index (χ4n) is 2.15. The van der Waals surface area contributed by atoms with E-state index >= 15 is 0 Å². The minimum atomic E-state index is -4.54. The molecule has 2 aliphatic heterocycles. The molecule has 2 heterocycles. The van der Waals surface area contributed by atoms with Gasteiger partial charge in [-0.2, -0.15) is 24.9 Å². The van der Waals surface area contributed by atoms with Crippen LogP contribution in [0.25, 0.3) is 0 Å². The number of rotatable bonds is 1. The van der Waals surface area contributed by atoms with Crippen LogP contribution in [0.4, 0.5) is 17.6 Å². The van der Waals surface area contributed by atoms with E-state index in [2.05, 4.69) is 0 Å². The summed E-state index contributed by atoms with van der Waals surface area (Å²) in [5.41, 5.74) is 0. The number of likely N-dealkylation sites (tertiary alicyclic amines) is 1. The van der Waals surface area contributed by atoms with Crippen molar-refractivity contribution in [3.05, 3.63) is 0 Å². The topological polar surface area (TPSA) is 20.3 Å². The highest BCUT2D eigenvalue weighted by molar-refractivity contribution is 8.07. The molecule has 0 N–H and O–H groups in total. The number of carbonyl (C=O) groups is 1. The largest absolute Gasteiger partial charge is 0.408 e. The van der Waals surface area contributed by atoms with E-state index in [0.29, 0.717) is 10.7 Å². The van der Waals surface area contributed by atoms with E-state index in [1.54, 1.807) is 11.8 Å². The highest BCUT2D eigenvalue weighted by Crippen LogP contribution is 2.36. The molecule has 2 fully saturated rings. The van der Waals surface area contributed by atoms with Gasteiger partial charge in [0.05, 0.1) is 11.8 Å². The summed E-state index contributed by atoms with van der Waals surface area (Å²) in [6.45, 7) is -0.426. The van der Waals surface area contributed by atoms with Gasteiger partial charge in [-0.25, -0.2) is 4.39 Å². The Morgan fingerprint density at radius 2 is 2.00 bits per heavy atom. The van der Waals surface area contributed by atoms with Crippen LogP contribution < -0.4 is 0 Å². The Hall–Kier alpha value is -0.110. The van der Waals surface area contributed by atoms with Crippen molar-refractivity contribution in [2.24, 2.45) is 0 Å². The predicted octanol–water partition coefficient (Wildman–Crippen LogP) is 2.34. The zero-order chi connectivity index (χ0) is 13.3. The van der Waals surface area contributed by atoms with E-state index in [4.69, 9.17) is 0 Å². The zero-order valence-corrected chi connectivity index (χ0v) is 11.1. The van der Waals surface area contributed by atoms with Gasteiger partial charge in [0, 0.05) is 23.7 Å². The van der Waals surface area contributed by atoms with Crippen molar-refractivity contribution in [1.82, 2.24) is 4.90 Å². The minimum absolute atomic E-state index is 0.426. The minimum Gasteiger partial charge on any atom is -0.327 e. The summed E-state index contributed by atoms with van der Waals surface area (Å²) in [7, 11) is 0. The molecule has 0 aromatic carbocycles. The Morgan fingerprint density at radius 1 is 1.28 bits per heavy atom. The SMILES string of the molecule is O=C(C1CSCCS1)N1C[C@@H](F)C[C@H]1C(F)(F)F. The van der Waals surface area contributed by atoms with Gasteiger partial charge in [0.1, 0.15) is 12.2 Å². The standard InChI is InChI=1S/C10H13F4NOS2/c11-6-3-8(10(12,13)14)15(4-6)9(16)7-5-17-1-2-18-7/h6-8H,1-5H2/t6-,7?,8-/m0/s1. The first-order valence-electron chi connectivity index (χ1n) is 5.60. The Balaban J connectivity index is 2.07. The lowest BCUT2D eigenvalue weighted by molar-refractivity contribution is -0.182. The molecular weight excluding hydrogens is 290 g/mol. The van der Waals surface area contributed by atoms with E-state index in [1.807, 2.05) is 0 Å². The fourth-order valence-corrected chi connectivity index (χ4v) is 4.77. The first-order chi connectivity index (χ1) is 8.39. The van der Waals surface area contributed by atoms with Gasteiger partial charge in [-0.05, 0) is 0 Å². The lowest BCUT2D eigenvalue weighted by Gasteiger charge is -2.30. The molecule has 8 heteroatoms. The Morgan fingerprint density at radius 3 is 2.56 bits per heavy atom. The van der Waals surface area contributed by atoms with Gasteiger partial charge in [-0.3, -0.25) is 4.79 Å². The molecule has 0 bridgehead atoms. The van der Waals surface area contributed by atoms with Crippen LogP contribution in [-0.2, 0) is 4.79 Å². The lowest BCUT2D eigenvalue weighted by atomic mass is 10.2. The molecule has 3 atom stereocenters. The molecule has 0 aliphatic carbocycles. The van der Waals surface area contributed by atoms with Gasteiger partial charge in [0.15, 0.2) is 0 Å². The molecule has 104 valence electrons. The number of alkyl halides is 4. The van der Waals surface area contributed by atoms with Crippen molar-refractivity contribution in [3.63, 3.8) is 0 Å². The number of hydrogen-bond donors (Lipinski definition) is 0. The number of carbonyl (C=O) groups excluding carboxylic acids is 1. The fraction of sp³-hybridized carbons (Fsp3) is 0.900. The molecule has 2 saturated heterocycles. The second kappa shape index (κ2) is 5.48. The highest BCUT2D eigenvalue weighted by Gasteiger charge is 2.52. The summed E-state index contributed by atoms with van der Waals surface area (Å²) >= 11 is 2.93. The molecule has 0 saturated carbocycles. The Kier molecular flexibility index (Phi) is 4.36. The number of hydrogen-bond acceptors (Lipinski definition) is 3. The number of nitrogens with zero attached hydrogens (tertiary/aromatic N) is 1. The van der Waals surface area contributed by atoms with Gasteiger partial charge in [-0.1, -0.05) is 0 Å². The second-order valence-electron chi connectivity index (χ2n) is 4.32. The molecule has 0 radical (unpaired) electrons. The predicted molar refractivity (Wildman–Crippen MR) is 64.6 cm³/mol. The normalized spacial score (nSPS) is 33.8. The van der Waals surface area contributed by atoms with Gasteiger partial charge < -0.3 is 4.90 Å². The molecule has 0 aromatic rings. The summed E-state index contributed by atoms with van der Waals surface area (Å²) in [6.07, 6.45) is -6.73. The molecule has 0 aromatic heterocycles. The first-order valence-corrected chi connectivity index (χ1v) is 7.80. The maximum atomic E-state index is 13.2. The van der Waals surface area contributed by atoms with Gasteiger partial charge in [0.25, 0.3) is 0 Å². The third kappa shape index (κ3) is 3.07. The maximum Gasteiger partial charge on any atom is 0.408 e. The van der Waals surface area contributed by atoms with E-state index < -0.39 is 42.5 Å². The van der Waals surface area contributed by atoms with Crippen molar-refractivity contribution in [3.8, 4) is 0 Å². The molecule has 2 nitrogen and oxygen atoms in total. The van der Waals surface area contributed by atoms with Crippen LogP contribution in [0.2, 0.25) is 0 Å². The first kappa shape index (κ1) is 14.3. The summed E-state index contributed by atoms with van der Waals surface area (Å²) < 4.78 is 51.4. The molecule has 2 aliphatic rings. The Labute approximate surface area is 111 Å². The molecule has 1 unspecified atom stereocenters. The van der Waals surface area contributed by atoms with Gasteiger partial charge in [0.2, 0.25) is 5.91 Å². The van der Waals surface area contributed by atoms with Crippen molar-refractivity contribution in [1.29, 1.82) is 0 Å². The van der Waals surface area contributed by atoms with Crippen LogP contribution in [0.3, 0.4) is 0 Å². The van der Waals surface area contributed by atoms with Crippen LogP contribution >= 0.6 is 23.5 Å². The molecule has 1 amide bonds. The summed E-state index contributed by atoms with van der Waals surface area (Å²) in [4.78, 5) is 12.7. The smallest absolute Gasteiger partial charge is 0.327 e. The molecule has 18 heavy (non-hydrogen) atoms. The van der Waals surface area contributed by atoms with E-state index in [0.717, 1.165) is 11.5 Å². The highest BCUT2D eigenvalue weighted by atomic mass is 32.2. The summed E-state index contributed by atoms with van der Waals surface area (Å²) in [5.74, 6) is 1.62. The molecule has 2 rings (SSSR count). The van der Waals surface area contributed by atoms with E-state index in [1.165, 1.54) is 11.8 Å². The maximum absolute atomic E-state index is 13.2. The molecular formula is C10H13F4NOS2. The third-order valence-corrected chi connectivity index (χ3v) is 5.74. The van der Waals surface area contributed by atoms with Crippen molar-refractivity contribution < 1.29 is 22.4 Å². The van der Waals surface area contributed by atoms with Gasteiger partial charge >= 0.3 is 6.18 Å². The van der Waals surface area contributed by atoms with Crippen molar-refractivity contribution >= 4 is 29.4 Å². The third-order valence-electron chi connectivity index (χ3n) is 3.00. The number of halogens is 4. The monoisotopic (exact) mass is 303 g/mol. The summed E-state index contributed by atoms with van der Waals surface area (Å²) in [6, 6.07) is -1.95. The van der Waals surface area contributed by atoms with Crippen LogP contribution in [0, 0.1) is 0 Å². The van der Waals surface area contributed by atoms with Crippen molar-refractivity contribution in [2.45, 2.75) is 30.1 Å². The van der Waals surface area contributed by atoms with Crippen LogP contribution in [-0.4, -0.2) is 58.3 Å². The average molecular weight is 303 g/mol. The van der Waals surface area contributed by atoms with Crippen LogP contribution in [0.1, 0.15) is 6.42 Å².